The molecule has 66 heavy (non-hydrogen) atoms. The summed E-state index contributed by atoms with van der Waals surface area (Å²) in [6.07, 6.45) is 1.74. The predicted octanol–water partition coefficient (Wildman–Crippen LogP) is 7.84. The quantitative estimate of drug-likeness (QED) is 0.0829. The number of hydrogen-bond donors (Lipinski definition) is 1. The molecule has 0 spiro atoms. The van der Waals surface area contributed by atoms with Crippen LogP contribution >= 0.6 is 0 Å². The van der Waals surface area contributed by atoms with E-state index in [1.165, 1.54) is 0 Å². The van der Waals surface area contributed by atoms with Gasteiger partial charge < -0.3 is 29.1 Å². The van der Waals surface area contributed by atoms with Crippen molar-refractivity contribution >= 4 is 35.3 Å². The molecule has 0 aromatic heterocycles. The van der Waals surface area contributed by atoms with Crippen molar-refractivity contribution < 1.29 is 48.1 Å². The number of esters is 1. The van der Waals surface area contributed by atoms with Gasteiger partial charge in [0.25, 0.3) is 0 Å². The third-order valence-corrected chi connectivity index (χ3v) is 14.6. The average Bonchev–Trinajstić information content (AvgIpc) is 3.82. The summed E-state index contributed by atoms with van der Waals surface area (Å²) in [4.78, 5) is 88.0. The van der Waals surface area contributed by atoms with Crippen LogP contribution in [0.3, 0.4) is 0 Å². The van der Waals surface area contributed by atoms with Crippen molar-refractivity contribution in [2.45, 2.75) is 149 Å². The number of rotatable bonds is 28. The van der Waals surface area contributed by atoms with Crippen LogP contribution in [-0.2, 0) is 49.6 Å². The number of carboxylic acids is 1. The largest absolute Gasteiger partial charge is 0.481 e. The molecule has 1 saturated carbocycles. The van der Waals surface area contributed by atoms with E-state index in [1.54, 1.807) is 26.2 Å². The summed E-state index contributed by atoms with van der Waals surface area (Å²) < 4.78 is 18.1. The lowest BCUT2D eigenvalue weighted by molar-refractivity contribution is -0.154. The molecule has 1 saturated heterocycles. The Morgan fingerprint density at radius 2 is 1.48 bits per heavy atom. The molecule has 1 N–H and O–H groups in total. The van der Waals surface area contributed by atoms with E-state index in [2.05, 4.69) is 0 Å². The number of nitrogens with zero attached hydrogens (tertiary/aromatic N) is 3. The number of carbonyl (C=O) groups is 6. The fourth-order valence-electron chi connectivity index (χ4n) is 10.6. The van der Waals surface area contributed by atoms with Crippen LogP contribution < -0.4 is 0 Å². The summed E-state index contributed by atoms with van der Waals surface area (Å²) in [5, 5.41) is 9.15. The molecule has 2 aromatic carbocycles. The number of carbonyl (C=O) groups excluding carboxylic acids is 5. The van der Waals surface area contributed by atoms with Gasteiger partial charge in [-0.1, -0.05) is 116 Å². The lowest BCUT2D eigenvalue weighted by Gasteiger charge is -2.41. The summed E-state index contributed by atoms with van der Waals surface area (Å²) in [6, 6.07) is 17.9. The Kier molecular flexibility index (Phi) is 20.6. The normalized spacial score (nSPS) is 21.5. The maximum Gasteiger partial charge on any atom is 0.313 e. The van der Waals surface area contributed by atoms with E-state index in [-0.39, 0.29) is 85.3 Å². The van der Waals surface area contributed by atoms with Gasteiger partial charge in [-0.25, -0.2) is 0 Å². The monoisotopic (exact) mass is 918 g/mol. The molecule has 10 atom stereocenters. The number of likely N-dealkylation sites (N-methyl/N-ethyl adjacent to an activating group) is 2. The topological polar surface area (TPSA) is 160 Å². The first kappa shape index (κ1) is 54.1. The minimum Gasteiger partial charge on any atom is -0.481 e. The van der Waals surface area contributed by atoms with E-state index < -0.39 is 53.6 Å². The molecule has 4 rings (SSSR count). The van der Waals surface area contributed by atoms with E-state index in [4.69, 9.17) is 19.3 Å². The Hall–Kier alpha value is -4.46. The number of aliphatic carboxylic acids is 1. The molecule has 1 heterocycles. The minimum atomic E-state index is -0.997. The second kappa shape index (κ2) is 25.1. The molecular formula is C53H79N3O10. The smallest absolute Gasteiger partial charge is 0.313 e. The minimum absolute atomic E-state index is 0.00462. The zero-order chi connectivity index (χ0) is 48.9. The van der Waals surface area contributed by atoms with Crippen LogP contribution in [-0.4, -0.2) is 127 Å². The Bertz CT molecular complexity index is 1910. The van der Waals surface area contributed by atoms with Crippen molar-refractivity contribution in [1.29, 1.82) is 0 Å². The molecule has 1 aliphatic carbocycles. The zero-order valence-corrected chi connectivity index (χ0v) is 41.6. The van der Waals surface area contributed by atoms with Crippen molar-refractivity contribution in [2.75, 3.05) is 41.4 Å². The summed E-state index contributed by atoms with van der Waals surface area (Å²) >= 11 is 0. The number of Topliss-reactive ketones (excluding diaryl/α,β-unsaturated/α-hetero) is 2. The van der Waals surface area contributed by atoms with Crippen molar-refractivity contribution in [3.63, 3.8) is 0 Å². The predicted molar refractivity (Wildman–Crippen MR) is 254 cm³/mol. The maximum atomic E-state index is 14.6. The van der Waals surface area contributed by atoms with Crippen LogP contribution in [0, 0.1) is 35.0 Å². The molecule has 2 aromatic rings. The number of benzene rings is 2. The van der Waals surface area contributed by atoms with E-state index in [9.17, 15) is 28.8 Å². The van der Waals surface area contributed by atoms with Crippen LogP contribution in [0.15, 0.2) is 60.7 Å². The molecule has 13 nitrogen and oxygen atoms in total. The van der Waals surface area contributed by atoms with Gasteiger partial charge in [-0.15, -0.1) is 0 Å². The molecule has 2 aliphatic rings. The molecule has 0 unspecified atom stereocenters. The van der Waals surface area contributed by atoms with Crippen LogP contribution in [0.5, 0.6) is 0 Å². The van der Waals surface area contributed by atoms with Gasteiger partial charge in [0, 0.05) is 64.8 Å². The van der Waals surface area contributed by atoms with E-state index in [1.807, 2.05) is 126 Å². The second-order valence-electron chi connectivity index (χ2n) is 19.8. The molecule has 1 aliphatic heterocycles. The number of hydrogen-bond acceptors (Lipinski definition) is 10. The maximum absolute atomic E-state index is 14.6. The Morgan fingerprint density at radius 1 is 0.848 bits per heavy atom. The highest BCUT2D eigenvalue weighted by Crippen LogP contribution is 2.63. The van der Waals surface area contributed by atoms with Crippen LogP contribution in [0.4, 0.5) is 0 Å². The number of ketones is 2. The van der Waals surface area contributed by atoms with Crippen molar-refractivity contribution in [3.05, 3.63) is 71.8 Å². The van der Waals surface area contributed by atoms with Crippen molar-refractivity contribution in [2.24, 2.45) is 35.0 Å². The molecule has 0 radical (unpaired) electrons. The Morgan fingerprint density at radius 3 is 2.05 bits per heavy atom. The van der Waals surface area contributed by atoms with E-state index >= 15 is 0 Å². The molecule has 13 heteroatoms. The van der Waals surface area contributed by atoms with Crippen LogP contribution in [0.2, 0.25) is 0 Å². The number of amides is 2. The Labute approximate surface area is 394 Å². The van der Waals surface area contributed by atoms with Gasteiger partial charge >= 0.3 is 11.9 Å². The molecule has 2 fully saturated rings. The fourth-order valence-corrected chi connectivity index (χ4v) is 10.6. The van der Waals surface area contributed by atoms with E-state index in [0.717, 1.165) is 17.5 Å². The highest BCUT2D eigenvalue weighted by molar-refractivity contribution is 5.92. The third-order valence-electron chi connectivity index (χ3n) is 14.6. The SMILES string of the molecule is CC[C@H](C)[C@@H]([C@@H](CC(=O)N1CCC[C@H]1[C@H](OC)[C@@H](C)C(=O)C[C@@]1(C(=O)OCc2ccccc2)C[C@@H]1c1ccccc1)OC)N(C)C(=O)[C@@H](CC(=O)[C@H](C(C)C)N(C)CCCC(=O)O)C(C)C. The lowest BCUT2D eigenvalue weighted by atomic mass is 9.83. The van der Waals surface area contributed by atoms with Gasteiger partial charge in [-0.2, -0.15) is 0 Å². The average molecular weight is 918 g/mol. The summed E-state index contributed by atoms with van der Waals surface area (Å²) in [5.74, 6) is -3.47. The summed E-state index contributed by atoms with van der Waals surface area (Å²) in [7, 11) is 6.70. The fraction of sp³-hybridized carbons (Fsp3) is 0.660. The molecule has 2 amide bonds. The zero-order valence-electron chi connectivity index (χ0n) is 41.6. The van der Waals surface area contributed by atoms with Crippen LogP contribution in [0.25, 0.3) is 0 Å². The highest BCUT2D eigenvalue weighted by Gasteiger charge is 2.63. The highest BCUT2D eigenvalue weighted by atomic mass is 16.5. The van der Waals surface area contributed by atoms with Gasteiger partial charge in [-0.05, 0) is 68.2 Å². The first-order chi connectivity index (χ1) is 31.3. The first-order valence-electron chi connectivity index (χ1n) is 24.2. The van der Waals surface area contributed by atoms with Gasteiger partial charge in [-0.3, -0.25) is 33.7 Å². The van der Waals surface area contributed by atoms with Gasteiger partial charge in [0.1, 0.15) is 12.4 Å². The van der Waals surface area contributed by atoms with Crippen molar-refractivity contribution in [3.8, 4) is 0 Å². The number of ether oxygens (including phenoxy) is 3. The first-order valence-corrected chi connectivity index (χ1v) is 24.2. The second-order valence-corrected chi connectivity index (χ2v) is 19.8. The Balaban J connectivity index is 1.49. The molecular weight excluding hydrogens is 839 g/mol. The lowest BCUT2D eigenvalue weighted by Crippen LogP contribution is -2.54. The van der Waals surface area contributed by atoms with E-state index in [0.29, 0.717) is 38.8 Å². The number of methoxy groups -OCH3 is 2. The summed E-state index contributed by atoms with van der Waals surface area (Å²) in [6.45, 7) is 14.8. The van der Waals surface area contributed by atoms with Crippen LogP contribution in [0.1, 0.15) is 123 Å². The van der Waals surface area contributed by atoms with Gasteiger partial charge in [0.15, 0.2) is 5.78 Å². The number of likely N-dealkylation sites (tertiary alicyclic amines) is 1. The van der Waals surface area contributed by atoms with Gasteiger partial charge in [0.2, 0.25) is 11.8 Å². The third kappa shape index (κ3) is 13.6. The molecule has 366 valence electrons. The van der Waals surface area contributed by atoms with Gasteiger partial charge in [0.05, 0.1) is 42.2 Å². The van der Waals surface area contributed by atoms with Crippen molar-refractivity contribution in [1.82, 2.24) is 14.7 Å². The number of carboxylic acid groups (broad SMARTS) is 1. The summed E-state index contributed by atoms with van der Waals surface area (Å²) in [5.41, 5.74) is 0.859. The molecule has 0 bridgehead atoms. The standard InChI is InChI=1S/C53H79N3O10/c1-12-36(6)49(55(9)51(62)40(34(2)3)29-43(57)48(35(4)5)54(8)27-20-26-47(60)61)45(64-10)30-46(59)56-28-19-25-42(56)50(65-11)37(7)44(58)32-53(31-41(53)39-23-17-14-18-24-39)52(63)66-33-38-21-15-13-16-22-38/h13-18,21-24,34-37,40-42,45,48-50H,12,19-20,25-33H2,1-11H3,(H,60,61)/t36-,37-,40-,41+,42-,45+,48-,49-,50+,53-/m0/s1.